The minimum Gasteiger partial charge on any atom is -0.389 e. The molecule has 19 heavy (non-hydrogen) atoms. The van der Waals surface area contributed by atoms with E-state index in [9.17, 15) is 5.11 Å². The highest BCUT2D eigenvalue weighted by molar-refractivity contribution is 7.98. The lowest BCUT2D eigenvalue weighted by molar-refractivity contribution is 0.199. The molecule has 0 fully saturated rings. The van der Waals surface area contributed by atoms with Crippen LogP contribution in [0.5, 0.6) is 0 Å². The fraction of sp³-hybridized carbons (Fsp3) is 0.188. The van der Waals surface area contributed by atoms with E-state index in [1.165, 1.54) is 0 Å². The lowest BCUT2D eigenvalue weighted by Gasteiger charge is -2.07. The molecular weight excluding hydrogens is 254 g/mol. The van der Waals surface area contributed by atoms with E-state index < -0.39 is 6.10 Å². The van der Waals surface area contributed by atoms with Crippen molar-refractivity contribution in [1.29, 1.82) is 5.26 Å². The van der Waals surface area contributed by atoms with Crippen LogP contribution >= 0.6 is 11.8 Å². The Bertz CT molecular complexity index is 584. The van der Waals surface area contributed by atoms with Crippen molar-refractivity contribution in [2.75, 3.05) is 0 Å². The molecule has 0 aromatic heterocycles. The maximum atomic E-state index is 9.45. The van der Waals surface area contributed by atoms with Crippen LogP contribution in [0.2, 0.25) is 0 Å². The fourth-order valence-corrected chi connectivity index (χ4v) is 2.66. The van der Waals surface area contributed by atoms with Gasteiger partial charge in [-0.1, -0.05) is 30.3 Å². The van der Waals surface area contributed by atoms with Crippen LogP contribution in [-0.2, 0) is 5.75 Å². The average Bonchev–Trinajstić information content (AvgIpc) is 2.45. The number of thioether (sulfide) groups is 1. The first kappa shape index (κ1) is 13.7. The van der Waals surface area contributed by atoms with E-state index in [2.05, 4.69) is 6.07 Å². The van der Waals surface area contributed by atoms with Gasteiger partial charge >= 0.3 is 0 Å². The van der Waals surface area contributed by atoms with Crippen LogP contribution in [0.15, 0.2) is 53.4 Å². The molecule has 1 N–H and O–H groups in total. The van der Waals surface area contributed by atoms with Crippen molar-refractivity contribution in [3.63, 3.8) is 0 Å². The summed E-state index contributed by atoms with van der Waals surface area (Å²) in [5, 5.41) is 18.5. The van der Waals surface area contributed by atoms with Crippen molar-refractivity contribution in [1.82, 2.24) is 0 Å². The van der Waals surface area contributed by atoms with E-state index in [1.54, 1.807) is 18.7 Å². The highest BCUT2D eigenvalue weighted by Gasteiger charge is 2.03. The number of aliphatic hydroxyl groups is 1. The van der Waals surface area contributed by atoms with Crippen molar-refractivity contribution in [2.24, 2.45) is 0 Å². The molecule has 0 amide bonds. The number of hydrogen-bond acceptors (Lipinski definition) is 3. The maximum Gasteiger partial charge on any atom is 0.0994 e. The average molecular weight is 269 g/mol. The molecular formula is C16H15NOS. The predicted molar refractivity (Wildman–Crippen MR) is 77.8 cm³/mol. The molecule has 0 radical (unpaired) electrons. The molecule has 2 nitrogen and oxygen atoms in total. The van der Waals surface area contributed by atoms with E-state index in [-0.39, 0.29) is 0 Å². The van der Waals surface area contributed by atoms with Crippen LogP contribution in [0.25, 0.3) is 0 Å². The Morgan fingerprint density at radius 1 is 1.16 bits per heavy atom. The fourth-order valence-electron chi connectivity index (χ4n) is 1.76. The summed E-state index contributed by atoms with van der Waals surface area (Å²) in [6.45, 7) is 1.76. The second-order valence-electron chi connectivity index (χ2n) is 4.30. The van der Waals surface area contributed by atoms with Crippen LogP contribution in [0.1, 0.15) is 29.7 Å². The molecule has 0 saturated heterocycles. The SMILES string of the molecule is CC(O)c1ccc(SCc2ccccc2C#N)cc1. The number of rotatable bonds is 4. The quantitative estimate of drug-likeness (QED) is 0.856. The van der Waals surface area contributed by atoms with Crippen LogP contribution in [-0.4, -0.2) is 5.11 Å². The molecule has 0 aliphatic heterocycles. The smallest absolute Gasteiger partial charge is 0.0994 e. The van der Waals surface area contributed by atoms with Gasteiger partial charge in [-0.2, -0.15) is 5.26 Å². The first-order chi connectivity index (χ1) is 9.20. The monoisotopic (exact) mass is 269 g/mol. The predicted octanol–water partition coefficient (Wildman–Crippen LogP) is 3.90. The summed E-state index contributed by atoms with van der Waals surface area (Å²) in [6.07, 6.45) is -0.432. The van der Waals surface area contributed by atoms with Gasteiger partial charge < -0.3 is 5.11 Å². The van der Waals surface area contributed by atoms with Crippen molar-refractivity contribution in [2.45, 2.75) is 23.7 Å². The standard InChI is InChI=1S/C16H15NOS/c1-12(18)13-6-8-16(9-7-13)19-11-15-5-3-2-4-14(15)10-17/h2-9,12,18H,11H2,1H3. The number of hydrogen-bond donors (Lipinski definition) is 1. The topological polar surface area (TPSA) is 44.0 Å². The lowest BCUT2D eigenvalue weighted by atomic mass is 10.1. The molecule has 3 heteroatoms. The summed E-state index contributed by atoms with van der Waals surface area (Å²) in [4.78, 5) is 1.14. The number of nitriles is 1. The van der Waals surface area contributed by atoms with Crippen LogP contribution in [0.3, 0.4) is 0 Å². The van der Waals surface area contributed by atoms with Crippen molar-refractivity contribution in [3.8, 4) is 6.07 Å². The van der Waals surface area contributed by atoms with E-state index in [0.717, 1.165) is 27.3 Å². The molecule has 0 bridgehead atoms. The summed E-state index contributed by atoms with van der Waals surface area (Å²) in [5.41, 5.74) is 2.70. The lowest BCUT2D eigenvalue weighted by Crippen LogP contribution is -1.90. The molecule has 2 aromatic rings. The normalized spacial score (nSPS) is 11.8. The van der Waals surface area contributed by atoms with Gasteiger partial charge in [0.15, 0.2) is 0 Å². The third kappa shape index (κ3) is 3.60. The van der Waals surface area contributed by atoms with Gasteiger partial charge in [-0.05, 0) is 36.2 Å². The van der Waals surface area contributed by atoms with Crippen molar-refractivity contribution >= 4 is 11.8 Å². The second kappa shape index (κ2) is 6.42. The van der Waals surface area contributed by atoms with E-state index in [1.807, 2.05) is 48.5 Å². The van der Waals surface area contributed by atoms with E-state index >= 15 is 0 Å². The molecule has 2 aromatic carbocycles. The van der Waals surface area contributed by atoms with Crippen LogP contribution in [0.4, 0.5) is 0 Å². The maximum absolute atomic E-state index is 9.45. The largest absolute Gasteiger partial charge is 0.389 e. The van der Waals surface area contributed by atoms with Gasteiger partial charge in [0, 0.05) is 10.6 Å². The molecule has 1 unspecified atom stereocenters. The Morgan fingerprint density at radius 2 is 1.84 bits per heavy atom. The molecule has 0 spiro atoms. The Hall–Kier alpha value is -1.76. The molecule has 0 aliphatic carbocycles. The molecule has 2 rings (SSSR count). The summed E-state index contributed by atoms with van der Waals surface area (Å²) >= 11 is 1.69. The Balaban J connectivity index is 2.04. The minimum absolute atomic E-state index is 0.432. The number of aliphatic hydroxyl groups excluding tert-OH is 1. The highest BCUT2D eigenvalue weighted by atomic mass is 32.2. The van der Waals surface area contributed by atoms with Gasteiger partial charge in [0.1, 0.15) is 0 Å². The van der Waals surface area contributed by atoms with E-state index in [4.69, 9.17) is 5.26 Å². The molecule has 0 aliphatic rings. The van der Waals surface area contributed by atoms with Gasteiger partial charge in [-0.15, -0.1) is 11.8 Å². The van der Waals surface area contributed by atoms with E-state index in [0.29, 0.717) is 0 Å². The zero-order valence-electron chi connectivity index (χ0n) is 10.7. The Kier molecular flexibility index (Phi) is 4.62. The second-order valence-corrected chi connectivity index (χ2v) is 5.35. The van der Waals surface area contributed by atoms with Gasteiger partial charge in [-0.25, -0.2) is 0 Å². The van der Waals surface area contributed by atoms with Gasteiger partial charge in [0.2, 0.25) is 0 Å². The first-order valence-corrected chi connectivity index (χ1v) is 7.08. The van der Waals surface area contributed by atoms with Gasteiger partial charge in [0.05, 0.1) is 17.7 Å². The molecule has 0 heterocycles. The Labute approximate surface area is 117 Å². The summed E-state index contributed by atoms with van der Waals surface area (Å²) in [5.74, 6) is 0.776. The zero-order chi connectivity index (χ0) is 13.7. The Morgan fingerprint density at radius 3 is 2.47 bits per heavy atom. The number of nitrogens with zero attached hydrogens (tertiary/aromatic N) is 1. The van der Waals surface area contributed by atoms with Crippen LogP contribution in [0, 0.1) is 11.3 Å². The summed E-state index contributed by atoms with van der Waals surface area (Å²) in [7, 11) is 0. The minimum atomic E-state index is -0.432. The molecule has 0 saturated carbocycles. The van der Waals surface area contributed by atoms with Gasteiger partial charge in [0.25, 0.3) is 0 Å². The molecule has 96 valence electrons. The summed E-state index contributed by atoms with van der Waals surface area (Å²) in [6, 6.07) is 17.7. The highest BCUT2D eigenvalue weighted by Crippen LogP contribution is 2.25. The zero-order valence-corrected chi connectivity index (χ0v) is 11.5. The van der Waals surface area contributed by atoms with Crippen LogP contribution < -0.4 is 0 Å². The third-order valence-electron chi connectivity index (χ3n) is 2.89. The van der Waals surface area contributed by atoms with Gasteiger partial charge in [-0.3, -0.25) is 0 Å². The molecule has 1 atom stereocenters. The first-order valence-electron chi connectivity index (χ1n) is 6.09. The number of benzene rings is 2. The van der Waals surface area contributed by atoms with Crippen molar-refractivity contribution < 1.29 is 5.11 Å². The van der Waals surface area contributed by atoms with Crippen molar-refractivity contribution in [3.05, 3.63) is 65.2 Å². The summed E-state index contributed by atoms with van der Waals surface area (Å²) < 4.78 is 0. The third-order valence-corrected chi connectivity index (χ3v) is 3.96.